The zero-order valence-corrected chi connectivity index (χ0v) is 11.3. The summed E-state index contributed by atoms with van der Waals surface area (Å²) < 4.78 is 0. The minimum absolute atomic E-state index is 0.0521. The van der Waals surface area contributed by atoms with E-state index < -0.39 is 0 Å². The van der Waals surface area contributed by atoms with Crippen LogP contribution < -0.4 is 0 Å². The molecule has 6 heteroatoms. The zero-order valence-electron chi connectivity index (χ0n) is 11.3. The lowest BCUT2D eigenvalue weighted by Gasteiger charge is -2.39. The average Bonchev–Trinajstić information content (AvgIpc) is 2.83. The Balaban J connectivity index is 1.97. The fourth-order valence-corrected chi connectivity index (χ4v) is 2.23. The van der Waals surface area contributed by atoms with Gasteiger partial charge in [0.25, 0.3) is 0 Å². The summed E-state index contributed by atoms with van der Waals surface area (Å²) in [7, 11) is 5.62. The van der Waals surface area contributed by atoms with Crippen LogP contribution in [0.5, 0.6) is 0 Å². The predicted molar refractivity (Wildman–Crippen MR) is 69.0 cm³/mol. The van der Waals surface area contributed by atoms with Gasteiger partial charge in [0.1, 0.15) is 11.9 Å². The molecule has 1 atom stereocenters. The summed E-state index contributed by atoms with van der Waals surface area (Å²) in [5, 5.41) is 0. The maximum Gasteiger partial charge on any atom is 0.240 e. The molecule has 1 amide bonds. The molecule has 0 radical (unpaired) electrons. The first kappa shape index (κ1) is 13.0. The molecule has 0 saturated carbocycles. The van der Waals surface area contributed by atoms with Crippen LogP contribution in [0.1, 0.15) is 5.82 Å². The number of H-pyrrole nitrogens is 1. The number of nitrogens with one attached hydrogen (secondary N) is 1. The summed E-state index contributed by atoms with van der Waals surface area (Å²) in [6.07, 6.45) is 3.59. The fraction of sp³-hybridized carbons (Fsp3) is 0.667. The summed E-state index contributed by atoms with van der Waals surface area (Å²) in [5.74, 6) is 1.12. The largest absolute Gasteiger partial charge is 0.348 e. The number of imidazole rings is 1. The van der Waals surface area contributed by atoms with Crippen molar-refractivity contribution in [2.75, 3.05) is 40.8 Å². The molecular weight excluding hydrogens is 230 g/mol. The van der Waals surface area contributed by atoms with Gasteiger partial charge in [-0.05, 0) is 7.05 Å². The second kappa shape index (κ2) is 5.49. The molecule has 1 unspecified atom stereocenters. The van der Waals surface area contributed by atoms with Crippen LogP contribution >= 0.6 is 0 Å². The van der Waals surface area contributed by atoms with E-state index >= 15 is 0 Å². The highest BCUT2D eigenvalue weighted by Gasteiger charge is 2.31. The summed E-state index contributed by atoms with van der Waals surface area (Å²) in [6.45, 7) is 3.41. The van der Waals surface area contributed by atoms with Gasteiger partial charge in [0, 0.05) is 46.1 Å². The number of piperazine rings is 1. The van der Waals surface area contributed by atoms with Crippen molar-refractivity contribution in [3.63, 3.8) is 0 Å². The molecule has 0 aromatic carbocycles. The smallest absolute Gasteiger partial charge is 0.240 e. The predicted octanol–water partition coefficient (Wildman–Crippen LogP) is -0.386. The number of carbonyl (C=O) groups is 1. The van der Waals surface area contributed by atoms with Gasteiger partial charge >= 0.3 is 0 Å². The molecule has 1 fully saturated rings. The van der Waals surface area contributed by atoms with Gasteiger partial charge in [-0.3, -0.25) is 14.6 Å². The Morgan fingerprint density at radius 2 is 2.33 bits per heavy atom. The number of carbonyl (C=O) groups excluding carboxylic acids is 1. The summed E-state index contributed by atoms with van der Waals surface area (Å²) >= 11 is 0. The number of aromatic amines is 1. The molecule has 0 aliphatic carbocycles. The monoisotopic (exact) mass is 251 g/mol. The number of aromatic nitrogens is 2. The Hall–Kier alpha value is -1.40. The highest BCUT2D eigenvalue weighted by atomic mass is 16.2. The lowest BCUT2D eigenvalue weighted by molar-refractivity contribution is -0.136. The van der Waals surface area contributed by atoms with Gasteiger partial charge in [-0.15, -0.1) is 0 Å². The lowest BCUT2D eigenvalue weighted by atomic mass is 10.1. The Bertz CT molecular complexity index is 389. The van der Waals surface area contributed by atoms with Crippen LogP contribution in [-0.2, 0) is 11.3 Å². The molecule has 1 saturated heterocycles. The molecule has 1 N–H and O–H groups in total. The standard InChI is InChI=1S/C12H21N5O/c1-15(2)12(18)10-8-17(7-6-16(10)3)9-11-13-4-5-14-11/h4-5,10H,6-9H2,1-3H3,(H,13,14). The lowest BCUT2D eigenvalue weighted by Crippen LogP contribution is -2.57. The molecule has 1 aromatic rings. The van der Waals surface area contributed by atoms with Gasteiger partial charge in [0.15, 0.2) is 0 Å². The van der Waals surface area contributed by atoms with E-state index in [4.69, 9.17) is 0 Å². The third-order valence-electron chi connectivity index (χ3n) is 3.39. The van der Waals surface area contributed by atoms with E-state index in [-0.39, 0.29) is 11.9 Å². The zero-order chi connectivity index (χ0) is 13.1. The summed E-state index contributed by atoms with van der Waals surface area (Å²) in [4.78, 5) is 25.5. The van der Waals surface area contributed by atoms with Gasteiger partial charge in [-0.25, -0.2) is 4.98 Å². The molecule has 0 spiro atoms. The van der Waals surface area contributed by atoms with Crippen molar-refractivity contribution in [1.82, 2.24) is 24.7 Å². The maximum absolute atomic E-state index is 12.1. The SMILES string of the molecule is CN(C)C(=O)C1CN(Cc2ncc[nH]2)CCN1C. The van der Waals surface area contributed by atoms with Crippen LogP contribution in [0.4, 0.5) is 0 Å². The maximum atomic E-state index is 12.1. The minimum atomic E-state index is -0.0521. The highest BCUT2D eigenvalue weighted by molar-refractivity contribution is 5.81. The first-order valence-corrected chi connectivity index (χ1v) is 6.20. The topological polar surface area (TPSA) is 55.5 Å². The van der Waals surface area contributed by atoms with Crippen LogP contribution in [0.25, 0.3) is 0 Å². The Morgan fingerprint density at radius 1 is 1.56 bits per heavy atom. The molecule has 0 bridgehead atoms. The van der Waals surface area contributed by atoms with E-state index in [0.29, 0.717) is 0 Å². The Labute approximate surface area is 108 Å². The fourth-order valence-electron chi connectivity index (χ4n) is 2.23. The minimum Gasteiger partial charge on any atom is -0.348 e. The van der Waals surface area contributed by atoms with Gasteiger partial charge in [-0.1, -0.05) is 0 Å². The van der Waals surface area contributed by atoms with Crippen molar-refractivity contribution in [3.05, 3.63) is 18.2 Å². The van der Waals surface area contributed by atoms with E-state index in [1.807, 2.05) is 27.3 Å². The van der Waals surface area contributed by atoms with Crippen LogP contribution in [0, 0.1) is 0 Å². The van der Waals surface area contributed by atoms with E-state index in [2.05, 4.69) is 19.8 Å². The molecule has 6 nitrogen and oxygen atoms in total. The van der Waals surface area contributed by atoms with Crippen LogP contribution in [0.3, 0.4) is 0 Å². The van der Waals surface area contributed by atoms with E-state index in [1.165, 1.54) is 0 Å². The average molecular weight is 251 g/mol. The van der Waals surface area contributed by atoms with Crippen LogP contribution in [0.15, 0.2) is 12.4 Å². The van der Waals surface area contributed by atoms with Crippen LogP contribution in [-0.4, -0.2) is 77.4 Å². The highest BCUT2D eigenvalue weighted by Crippen LogP contribution is 2.11. The van der Waals surface area contributed by atoms with Crippen molar-refractivity contribution < 1.29 is 4.79 Å². The Morgan fingerprint density at radius 3 is 2.94 bits per heavy atom. The number of likely N-dealkylation sites (N-methyl/N-ethyl adjacent to an activating group) is 2. The second-order valence-electron chi connectivity index (χ2n) is 5.00. The normalized spacial score (nSPS) is 22.1. The second-order valence-corrected chi connectivity index (χ2v) is 5.00. The van der Waals surface area contributed by atoms with E-state index in [9.17, 15) is 4.79 Å². The van der Waals surface area contributed by atoms with Gasteiger partial charge < -0.3 is 9.88 Å². The summed E-state index contributed by atoms with van der Waals surface area (Å²) in [5.41, 5.74) is 0. The van der Waals surface area contributed by atoms with Crippen molar-refractivity contribution in [1.29, 1.82) is 0 Å². The summed E-state index contributed by atoms with van der Waals surface area (Å²) in [6, 6.07) is -0.0521. The van der Waals surface area contributed by atoms with Crippen LogP contribution in [0.2, 0.25) is 0 Å². The molecule has 1 aromatic heterocycles. The van der Waals surface area contributed by atoms with Crippen molar-refractivity contribution in [2.24, 2.45) is 0 Å². The van der Waals surface area contributed by atoms with Crippen molar-refractivity contribution in [3.8, 4) is 0 Å². The number of hydrogen-bond acceptors (Lipinski definition) is 4. The van der Waals surface area contributed by atoms with Crippen molar-refractivity contribution >= 4 is 5.91 Å². The molecule has 100 valence electrons. The molecular formula is C12H21N5O. The molecule has 1 aliphatic rings. The Kier molecular flexibility index (Phi) is 3.98. The quantitative estimate of drug-likeness (QED) is 0.795. The van der Waals surface area contributed by atoms with E-state index in [0.717, 1.165) is 32.0 Å². The number of hydrogen-bond donors (Lipinski definition) is 1. The first-order chi connectivity index (χ1) is 8.58. The van der Waals surface area contributed by atoms with Gasteiger partial charge in [0.05, 0.1) is 6.54 Å². The molecule has 2 heterocycles. The molecule has 1 aliphatic heterocycles. The third kappa shape index (κ3) is 2.88. The third-order valence-corrected chi connectivity index (χ3v) is 3.39. The first-order valence-electron chi connectivity index (χ1n) is 6.20. The number of rotatable bonds is 3. The van der Waals surface area contributed by atoms with E-state index in [1.54, 1.807) is 11.1 Å². The number of nitrogens with zero attached hydrogens (tertiary/aromatic N) is 4. The van der Waals surface area contributed by atoms with Gasteiger partial charge in [-0.2, -0.15) is 0 Å². The van der Waals surface area contributed by atoms with Gasteiger partial charge in [0.2, 0.25) is 5.91 Å². The number of amides is 1. The van der Waals surface area contributed by atoms with Crippen molar-refractivity contribution in [2.45, 2.75) is 12.6 Å². The molecule has 2 rings (SSSR count). The molecule has 18 heavy (non-hydrogen) atoms.